The van der Waals surface area contributed by atoms with Crippen LogP contribution in [0.4, 0.5) is 5.95 Å². The van der Waals surface area contributed by atoms with Crippen molar-refractivity contribution in [3.8, 4) is 0 Å². The van der Waals surface area contributed by atoms with Gasteiger partial charge in [-0.1, -0.05) is 30.3 Å². The molecule has 0 radical (unpaired) electrons. The molecule has 0 atom stereocenters. The molecule has 0 bridgehead atoms. The van der Waals surface area contributed by atoms with Gasteiger partial charge in [0.2, 0.25) is 5.95 Å². The van der Waals surface area contributed by atoms with Crippen LogP contribution in [0.5, 0.6) is 0 Å². The minimum absolute atomic E-state index is 0.0549. The van der Waals surface area contributed by atoms with Gasteiger partial charge in [-0.2, -0.15) is 11.8 Å². The van der Waals surface area contributed by atoms with Gasteiger partial charge in [0, 0.05) is 35.0 Å². The second-order valence-electron chi connectivity index (χ2n) is 6.42. The normalized spacial score (nSPS) is 10.9. The molecule has 0 spiro atoms. The Morgan fingerprint density at radius 2 is 1.96 bits per heavy atom. The van der Waals surface area contributed by atoms with Crippen molar-refractivity contribution in [2.45, 2.75) is 32.4 Å². The lowest BCUT2D eigenvalue weighted by Gasteiger charge is -2.09. The summed E-state index contributed by atoms with van der Waals surface area (Å²) < 4.78 is 0. The Morgan fingerprint density at radius 1 is 1.15 bits per heavy atom. The molecule has 0 saturated carbocycles. The zero-order valence-corrected chi connectivity index (χ0v) is 16.5. The molecule has 0 fully saturated rings. The fourth-order valence-corrected chi connectivity index (χ4v) is 3.72. The smallest absolute Gasteiger partial charge is 0.255 e. The number of nitrogens with zero attached hydrogens (tertiary/aromatic N) is 2. The van der Waals surface area contributed by atoms with Crippen molar-refractivity contribution in [3.05, 3.63) is 75.2 Å². The SMILES string of the molecule is Cc1nc(NCCSCc2nc[nH]c2C)[nH]c(=O)c1CCc1ccccc1. The second kappa shape index (κ2) is 9.41. The average Bonchev–Trinajstić information content (AvgIpc) is 3.06. The van der Waals surface area contributed by atoms with Crippen molar-refractivity contribution in [1.82, 2.24) is 19.9 Å². The third-order valence-electron chi connectivity index (χ3n) is 4.44. The van der Waals surface area contributed by atoms with Gasteiger partial charge in [0.1, 0.15) is 0 Å². The molecule has 3 aromatic rings. The maximum absolute atomic E-state index is 12.4. The van der Waals surface area contributed by atoms with Gasteiger partial charge in [-0.05, 0) is 32.3 Å². The fraction of sp³-hybridized carbons (Fsp3) is 0.350. The van der Waals surface area contributed by atoms with Crippen LogP contribution in [0.2, 0.25) is 0 Å². The monoisotopic (exact) mass is 383 g/mol. The van der Waals surface area contributed by atoms with Gasteiger partial charge >= 0.3 is 0 Å². The molecular formula is C20H25N5OS. The van der Waals surface area contributed by atoms with E-state index < -0.39 is 0 Å². The zero-order chi connectivity index (χ0) is 19.1. The number of aryl methyl sites for hydroxylation is 3. The Balaban J connectivity index is 1.48. The lowest BCUT2D eigenvalue weighted by molar-refractivity contribution is 0.888. The van der Waals surface area contributed by atoms with Gasteiger partial charge in [-0.15, -0.1) is 0 Å². The van der Waals surface area contributed by atoms with Gasteiger partial charge in [0.15, 0.2) is 0 Å². The van der Waals surface area contributed by atoms with E-state index in [0.717, 1.165) is 47.1 Å². The van der Waals surface area contributed by atoms with Gasteiger partial charge in [0.25, 0.3) is 5.56 Å². The molecular weight excluding hydrogens is 358 g/mol. The molecule has 0 aliphatic heterocycles. The first-order valence-electron chi connectivity index (χ1n) is 9.07. The Morgan fingerprint density at radius 3 is 2.67 bits per heavy atom. The fourth-order valence-electron chi connectivity index (χ4n) is 2.85. The molecule has 1 aromatic carbocycles. The first kappa shape index (κ1) is 19.2. The number of aromatic amines is 2. The molecule has 3 rings (SSSR count). The molecule has 2 aromatic heterocycles. The summed E-state index contributed by atoms with van der Waals surface area (Å²) in [6.45, 7) is 4.66. The summed E-state index contributed by atoms with van der Waals surface area (Å²) in [6, 6.07) is 10.2. The van der Waals surface area contributed by atoms with E-state index in [1.54, 1.807) is 18.1 Å². The number of aromatic nitrogens is 4. The molecule has 2 heterocycles. The van der Waals surface area contributed by atoms with Crippen LogP contribution in [0, 0.1) is 13.8 Å². The lowest BCUT2D eigenvalue weighted by atomic mass is 10.0. The third-order valence-corrected chi connectivity index (χ3v) is 5.41. The van der Waals surface area contributed by atoms with Gasteiger partial charge in [0.05, 0.1) is 12.0 Å². The van der Waals surface area contributed by atoms with Crippen LogP contribution in [0.1, 0.15) is 28.2 Å². The van der Waals surface area contributed by atoms with E-state index >= 15 is 0 Å². The first-order chi connectivity index (χ1) is 13.1. The van der Waals surface area contributed by atoms with E-state index in [1.807, 2.05) is 32.0 Å². The van der Waals surface area contributed by atoms with Crippen LogP contribution in [0.3, 0.4) is 0 Å². The van der Waals surface area contributed by atoms with Crippen molar-refractivity contribution < 1.29 is 0 Å². The van der Waals surface area contributed by atoms with Crippen LogP contribution in [-0.4, -0.2) is 32.2 Å². The van der Waals surface area contributed by atoms with E-state index in [1.165, 1.54) is 5.56 Å². The summed E-state index contributed by atoms with van der Waals surface area (Å²) in [7, 11) is 0. The van der Waals surface area contributed by atoms with Crippen LogP contribution in [0.15, 0.2) is 41.5 Å². The summed E-state index contributed by atoms with van der Waals surface area (Å²) in [5.41, 5.74) is 4.92. The molecule has 0 unspecified atom stereocenters. The van der Waals surface area contributed by atoms with Gasteiger partial charge in [-0.3, -0.25) is 9.78 Å². The summed E-state index contributed by atoms with van der Waals surface area (Å²) in [4.78, 5) is 27.2. The highest BCUT2D eigenvalue weighted by Crippen LogP contribution is 2.12. The first-order valence-corrected chi connectivity index (χ1v) is 10.2. The van der Waals surface area contributed by atoms with Crippen molar-refractivity contribution in [1.29, 1.82) is 0 Å². The molecule has 0 saturated heterocycles. The van der Waals surface area contributed by atoms with E-state index in [0.29, 0.717) is 12.4 Å². The minimum Gasteiger partial charge on any atom is -0.355 e. The van der Waals surface area contributed by atoms with Crippen molar-refractivity contribution in [2.24, 2.45) is 0 Å². The highest BCUT2D eigenvalue weighted by atomic mass is 32.2. The Bertz CT molecular complexity index is 920. The minimum atomic E-state index is -0.0549. The third kappa shape index (κ3) is 5.47. The number of rotatable bonds is 9. The zero-order valence-electron chi connectivity index (χ0n) is 15.7. The summed E-state index contributed by atoms with van der Waals surface area (Å²) >= 11 is 1.80. The Labute approximate surface area is 163 Å². The van der Waals surface area contributed by atoms with E-state index in [-0.39, 0.29) is 5.56 Å². The standard InChI is InChI=1S/C20H25N5OS/c1-14-17(9-8-16-6-4-3-5-7-16)19(26)25-20(24-14)21-10-11-27-12-18-15(2)22-13-23-18/h3-7,13H,8-12H2,1-2H3,(H,22,23)(H2,21,24,25,26). The number of benzene rings is 1. The second-order valence-corrected chi connectivity index (χ2v) is 7.52. The largest absolute Gasteiger partial charge is 0.355 e. The quantitative estimate of drug-likeness (QED) is 0.494. The number of nitrogens with one attached hydrogen (secondary N) is 3. The summed E-state index contributed by atoms with van der Waals surface area (Å²) in [5.74, 6) is 2.32. The Kier molecular flexibility index (Phi) is 6.70. The highest BCUT2D eigenvalue weighted by Gasteiger charge is 2.08. The van der Waals surface area contributed by atoms with E-state index in [4.69, 9.17) is 0 Å². The number of H-pyrrole nitrogens is 2. The number of hydrogen-bond donors (Lipinski definition) is 3. The van der Waals surface area contributed by atoms with Gasteiger partial charge < -0.3 is 10.3 Å². The molecule has 0 amide bonds. The molecule has 27 heavy (non-hydrogen) atoms. The maximum atomic E-state index is 12.4. The molecule has 6 nitrogen and oxygen atoms in total. The number of thioether (sulfide) groups is 1. The van der Waals surface area contributed by atoms with Gasteiger partial charge in [-0.25, -0.2) is 9.97 Å². The average molecular weight is 384 g/mol. The molecule has 0 aliphatic carbocycles. The predicted octanol–water partition coefficient (Wildman–Crippen LogP) is 3.24. The maximum Gasteiger partial charge on any atom is 0.255 e. The lowest BCUT2D eigenvalue weighted by Crippen LogP contribution is -2.20. The topological polar surface area (TPSA) is 86.5 Å². The van der Waals surface area contributed by atoms with Crippen LogP contribution >= 0.6 is 11.8 Å². The number of anilines is 1. The molecule has 7 heteroatoms. The van der Waals surface area contributed by atoms with Crippen LogP contribution in [-0.2, 0) is 18.6 Å². The van der Waals surface area contributed by atoms with E-state index in [9.17, 15) is 4.79 Å². The molecule has 142 valence electrons. The van der Waals surface area contributed by atoms with Crippen LogP contribution in [0.25, 0.3) is 0 Å². The van der Waals surface area contributed by atoms with Crippen molar-refractivity contribution >= 4 is 17.7 Å². The van der Waals surface area contributed by atoms with Crippen molar-refractivity contribution in [3.63, 3.8) is 0 Å². The molecule has 3 N–H and O–H groups in total. The number of hydrogen-bond acceptors (Lipinski definition) is 5. The van der Waals surface area contributed by atoms with E-state index in [2.05, 4.69) is 37.4 Å². The summed E-state index contributed by atoms with van der Waals surface area (Å²) in [6.07, 6.45) is 3.25. The highest BCUT2D eigenvalue weighted by molar-refractivity contribution is 7.98. The van der Waals surface area contributed by atoms with Crippen LogP contribution < -0.4 is 10.9 Å². The van der Waals surface area contributed by atoms with Crippen molar-refractivity contribution in [2.75, 3.05) is 17.6 Å². The number of imidazole rings is 1. The summed E-state index contributed by atoms with van der Waals surface area (Å²) in [5, 5.41) is 3.21. The molecule has 0 aliphatic rings. The predicted molar refractivity (Wildman–Crippen MR) is 111 cm³/mol. The Hall–Kier alpha value is -2.54.